The first-order valence-electron chi connectivity index (χ1n) is 10.2. The van der Waals surface area contributed by atoms with Crippen LogP contribution in [0.3, 0.4) is 0 Å². The van der Waals surface area contributed by atoms with Crippen molar-refractivity contribution in [2.75, 3.05) is 6.54 Å². The number of hydrogen-bond acceptors (Lipinski definition) is 7. The van der Waals surface area contributed by atoms with Crippen LogP contribution in [-0.4, -0.2) is 80.3 Å². The van der Waals surface area contributed by atoms with Crippen molar-refractivity contribution in [1.29, 1.82) is 0 Å². The van der Waals surface area contributed by atoms with E-state index in [2.05, 4.69) is 20.6 Å². The maximum atomic E-state index is 12.8. The number of carboxylic acids is 1. The molecule has 4 amide bonds. The van der Waals surface area contributed by atoms with Gasteiger partial charge < -0.3 is 37.1 Å². The number of nitrogens with two attached hydrogens (primary N) is 2. The highest BCUT2D eigenvalue weighted by Gasteiger charge is 2.38. The first-order valence-corrected chi connectivity index (χ1v) is 10.2. The summed E-state index contributed by atoms with van der Waals surface area (Å²) < 4.78 is 0. The largest absolute Gasteiger partial charge is 0.480 e. The average Bonchev–Trinajstić information content (AvgIpc) is 3.42. The van der Waals surface area contributed by atoms with Gasteiger partial charge >= 0.3 is 5.97 Å². The molecule has 1 saturated heterocycles. The molecule has 4 atom stereocenters. The van der Waals surface area contributed by atoms with Gasteiger partial charge in [0.15, 0.2) is 0 Å². The maximum absolute atomic E-state index is 12.8. The topological polar surface area (TPSA) is 214 Å². The zero-order valence-corrected chi connectivity index (χ0v) is 17.7. The molecular formula is C19H29N7O6. The molecule has 32 heavy (non-hydrogen) atoms. The number of carbonyl (C=O) groups is 5. The van der Waals surface area contributed by atoms with Crippen molar-refractivity contribution in [1.82, 2.24) is 25.5 Å². The summed E-state index contributed by atoms with van der Waals surface area (Å²) >= 11 is 0. The van der Waals surface area contributed by atoms with E-state index >= 15 is 0 Å². The van der Waals surface area contributed by atoms with E-state index in [1.54, 1.807) is 0 Å². The third-order valence-electron chi connectivity index (χ3n) is 5.20. The first kappa shape index (κ1) is 24.8. The number of H-pyrrole nitrogens is 1. The van der Waals surface area contributed by atoms with Gasteiger partial charge in [-0.25, -0.2) is 9.78 Å². The monoisotopic (exact) mass is 451 g/mol. The molecule has 4 unspecified atom stereocenters. The summed E-state index contributed by atoms with van der Waals surface area (Å²) in [6.45, 7) is 1.76. The van der Waals surface area contributed by atoms with Crippen LogP contribution in [0.5, 0.6) is 0 Å². The Balaban J connectivity index is 1.96. The fourth-order valence-corrected chi connectivity index (χ4v) is 3.45. The molecule has 13 nitrogen and oxygen atoms in total. The van der Waals surface area contributed by atoms with Crippen molar-refractivity contribution < 1.29 is 29.1 Å². The number of rotatable bonds is 11. The lowest BCUT2D eigenvalue weighted by atomic mass is 10.1. The Morgan fingerprint density at radius 2 is 2.03 bits per heavy atom. The summed E-state index contributed by atoms with van der Waals surface area (Å²) in [4.78, 5) is 68.1. The number of imidazole rings is 1. The molecular weight excluding hydrogens is 422 g/mol. The molecule has 0 spiro atoms. The molecule has 0 saturated carbocycles. The van der Waals surface area contributed by atoms with Crippen LogP contribution in [0.4, 0.5) is 0 Å². The van der Waals surface area contributed by atoms with Gasteiger partial charge in [-0.05, 0) is 26.2 Å². The Morgan fingerprint density at radius 1 is 1.31 bits per heavy atom. The number of hydrogen-bond donors (Lipinski definition) is 6. The minimum atomic E-state index is -1.21. The molecule has 2 rings (SSSR count). The molecule has 1 fully saturated rings. The van der Waals surface area contributed by atoms with Crippen molar-refractivity contribution in [2.24, 2.45) is 11.5 Å². The summed E-state index contributed by atoms with van der Waals surface area (Å²) in [5, 5.41) is 14.4. The van der Waals surface area contributed by atoms with Gasteiger partial charge in [0.2, 0.25) is 23.6 Å². The van der Waals surface area contributed by atoms with Gasteiger partial charge in [0.05, 0.1) is 12.4 Å². The molecule has 0 radical (unpaired) electrons. The van der Waals surface area contributed by atoms with Gasteiger partial charge in [-0.15, -0.1) is 0 Å². The lowest BCUT2D eigenvalue weighted by molar-refractivity contribution is -0.144. The van der Waals surface area contributed by atoms with Crippen LogP contribution in [0.2, 0.25) is 0 Å². The number of carbonyl (C=O) groups excluding carboxylic acids is 4. The highest BCUT2D eigenvalue weighted by atomic mass is 16.4. The van der Waals surface area contributed by atoms with E-state index in [0.717, 1.165) is 0 Å². The lowest BCUT2D eigenvalue weighted by Gasteiger charge is -2.28. The van der Waals surface area contributed by atoms with Crippen LogP contribution in [0.1, 0.15) is 38.3 Å². The molecule has 0 aliphatic carbocycles. The lowest BCUT2D eigenvalue weighted by Crippen LogP contribution is -2.56. The summed E-state index contributed by atoms with van der Waals surface area (Å²) in [6, 6.07) is -4.01. The second kappa shape index (κ2) is 11.2. The molecule has 0 aromatic carbocycles. The Labute approximate surface area is 184 Å². The molecule has 13 heteroatoms. The second-order valence-corrected chi connectivity index (χ2v) is 7.71. The molecule has 176 valence electrons. The van der Waals surface area contributed by atoms with Crippen molar-refractivity contribution in [3.05, 3.63) is 18.2 Å². The highest BCUT2D eigenvalue weighted by Crippen LogP contribution is 2.19. The number of nitrogens with one attached hydrogen (secondary N) is 3. The van der Waals surface area contributed by atoms with Crippen molar-refractivity contribution in [3.8, 4) is 0 Å². The summed E-state index contributed by atoms with van der Waals surface area (Å²) in [6.07, 6.45) is 3.79. The fraction of sp³-hybridized carbons (Fsp3) is 0.579. The van der Waals surface area contributed by atoms with E-state index < -0.39 is 53.8 Å². The minimum absolute atomic E-state index is 0.0113. The van der Waals surface area contributed by atoms with Crippen LogP contribution in [-0.2, 0) is 30.4 Å². The predicted molar refractivity (Wildman–Crippen MR) is 111 cm³/mol. The van der Waals surface area contributed by atoms with Gasteiger partial charge in [-0.1, -0.05) is 0 Å². The number of nitrogens with zero attached hydrogens (tertiary/aromatic N) is 2. The number of primary amides is 1. The van der Waals surface area contributed by atoms with E-state index in [4.69, 9.17) is 11.5 Å². The van der Waals surface area contributed by atoms with E-state index in [1.807, 2.05) is 0 Å². The van der Waals surface area contributed by atoms with Gasteiger partial charge in [0, 0.05) is 31.3 Å². The van der Waals surface area contributed by atoms with Crippen molar-refractivity contribution >= 4 is 29.6 Å². The van der Waals surface area contributed by atoms with Gasteiger partial charge in [0.1, 0.15) is 18.1 Å². The number of aromatic nitrogens is 2. The number of aliphatic carboxylic acids is 1. The van der Waals surface area contributed by atoms with Gasteiger partial charge in [-0.3, -0.25) is 19.2 Å². The summed E-state index contributed by atoms with van der Waals surface area (Å²) in [5.74, 6) is -3.49. The quantitative estimate of drug-likeness (QED) is 0.213. The third-order valence-corrected chi connectivity index (χ3v) is 5.20. The van der Waals surface area contributed by atoms with E-state index in [9.17, 15) is 29.1 Å². The van der Waals surface area contributed by atoms with Crippen LogP contribution >= 0.6 is 0 Å². The maximum Gasteiger partial charge on any atom is 0.326 e. The highest BCUT2D eigenvalue weighted by molar-refractivity contribution is 5.94. The second-order valence-electron chi connectivity index (χ2n) is 7.71. The summed E-state index contributed by atoms with van der Waals surface area (Å²) in [7, 11) is 0. The fourth-order valence-electron chi connectivity index (χ4n) is 3.45. The van der Waals surface area contributed by atoms with Gasteiger partial charge in [0.25, 0.3) is 0 Å². The number of likely N-dealkylation sites (tertiary alicyclic amines) is 1. The van der Waals surface area contributed by atoms with E-state index in [0.29, 0.717) is 25.1 Å². The number of amides is 4. The number of aromatic amines is 1. The molecule has 1 aliphatic heterocycles. The standard InChI is InChI=1S/C19H29N7O6/c1-10(24-16(28)12(20)4-5-15(21)27)18(30)26-6-2-3-14(26)17(29)25-13(19(31)32)7-11-8-22-9-23-11/h8-10,12-14H,2-7,20H2,1H3,(H2,21,27)(H,22,23)(H,24,28)(H,25,29)(H,31,32). The summed E-state index contributed by atoms with van der Waals surface area (Å²) in [5.41, 5.74) is 11.3. The van der Waals surface area contributed by atoms with Crippen LogP contribution in [0.25, 0.3) is 0 Å². The van der Waals surface area contributed by atoms with Gasteiger partial charge in [-0.2, -0.15) is 0 Å². The Morgan fingerprint density at radius 3 is 2.62 bits per heavy atom. The van der Waals surface area contributed by atoms with Crippen LogP contribution < -0.4 is 22.1 Å². The number of carboxylic acid groups (broad SMARTS) is 1. The molecule has 1 aromatic rings. The Kier molecular flexibility index (Phi) is 8.70. The Bertz CT molecular complexity index is 843. The minimum Gasteiger partial charge on any atom is -0.480 e. The Hall–Kier alpha value is -3.48. The smallest absolute Gasteiger partial charge is 0.326 e. The van der Waals surface area contributed by atoms with Crippen molar-refractivity contribution in [3.63, 3.8) is 0 Å². The average molecular weight is 451 g/mol. The first-order chi connectivity index (χ1) is 15.1. The zero-order valence-electron chi connectivity index (χ0n) is 17.7. The van der Waals surface area contributed by atoms with Crippen LogP contribution in [0, 0.1) is 0 Å². The molecule has 8 N–H and O–H groups in total. The SMILES string of the molecule is CC(NC(=O)C(N)CCC(N)=O)C(=O)N1CCCC1C(=O)NC(Cc1cnc[nH]1)C(=O)O. The van der Waals surface area contributed by atoms with E-state index in [-0.39, 0.29) is 19.3 Å². The molecule has 0 bridgehead atoms. The molecule has 2 heterocycles. The normalized spacial score (nSPS) is 18.4. The third kappa shape index (κ3) is 6.77. The predicted octanol–water partition coefficient (Wildman–Crippen LogP) is -2.39. The molecule has 1 aromatic heterocycles. The van der Waals surface area contributed by atoms with Crippen molar-refractivity contribution in [2.45, 2.75) is 63.2 Å². The van der Waals surface area contributed by atoms with E-state index in [1.165, 1.54) is 24.3 Å². The molecule has 1 aliphatic rings. The zero-order chi connectivity index (χ0) is 23.8. The van der Waals surface area contributed by atoms with Crippen LogP contribution in [0.15, 0.2) is 12.5 Å².